The molecule has 3 aromatic heterocycles. The second kappa shape index (κ2) is 6.76. The molecule has 1 saturated heterocycles. The van der Waals surface area contributed by atoms with Crippen molar-refractivity contribution < 1.29 is 0 Å². The summed E-state index contributed by atoms with van der Waals surface area (Å²) in [6.07, 6.45) is 3.62. The number of nitrogens with zero attached hydrogens (tertiary/aromatic N) is 6. The van der Waals surface area contributed by atoms with Gasteiger partial charge in [-0.05, 0) is 29.7 Å². The van der Waals surface area contributed by atoms with Gasteiger partial charge in [-0.25, -0.2) is 9.50 Å². The van der Waals surface area contributed by atoms with E-state index in [0.29, 0.717) is 6.54 Å². The first-order valence-corrected chi connectivity index (χ1v) is 9.54. The number of para-hydroxylation sites is 1. The molecule has 4 aromatic rings. The van der Waals surface area contributed by atoms with Gasteiger partial charge in [0.05, 0.1) is 5.52 Å². The van der Waals surface area contributed by atoms with Gasteiger partial charge < -0.3 is 9.47 Å². The average Bonchev–Trinajstić information content (AvgIpc) is 3.20. The van der Waals surface area contributed by atoms with E-state index in [4.69, 9.17) is 0 Å². The van der Waals surface area contributed by atoms with Gasteiger partial charge in [-0.3, -0.25) is 9.69 Å². The molecule has 7 heteroatoms. The lowest BCUT2D eigenvalue weighted by molar-refractivity contribution is 0.248. The zero-order chi connectivity index (χ0) is 19.1. The van der Waals surface area contributed by atoms with E-state index >= 15 is 0 Å². The number of hydrogen-bond acceptors (Lipinski definition) is 5. The van der Waals surface area contributed by atoms with Gasteiger partial charge >= 0.3 is 0 Å². The first kappa shape index (κ1) is 16.9. The van der Waals surface area contributed by atoms with E-state index in [0.717, 1.165) is 54.1 Å². The highest BCUT2D eigenvalue weighted by atomic mass is 16.1. The first-order valence-electron chi connectivity index (χ1n) is 9.54. The van der Waals surface area contributed by atoms with Crippen LogP contribution in [-0.2, 0) is 13.6 Å². The van der Waals surface area contributed by atoms with Crippen LogP contribution in [-0.4, -0.2) is 50.2 Å². The van der Waals surface area contributed by atoms with Crippen molar-refractivity contribution in [3.63, 3.8) is 0 Å². The molecule has 0 amide bonds. The van der Waals surface area contributed by atoms with E-state index in [1.807, 2.05) is 49.6 Å². The van der Waals surface area contributed by atoms with Crippen LogP contribution in [0.3, 0.4) is 0 Å². The number of hydrogen-bond donors (Lipinski definition) is 0. The predicted molar refractivity (Wildman–Crippen MR) is 110 cm³/mol. The fraction of sp³-hybridized carbons (Fsp3) is 0.286. The monoisotopic (exact) mass is 374 g/mol. The second-order valence-electron chi connectivity index (χ2n) is 7.28. The third kappa shape index (κ3) is 2.93. The first-order chi connectivity index (χ1) is 13.7. The minimum Gasteiger partial charge on any atom is -0.353 e. The lowest BCUT2D eigenvalue weighted by atomic mass is 10.1. The van der Waals surface area contributed by atoms with E-state index in [2.05, 4.69) is 25.9 Å². The van der Waals surface area contributed by atoms with Crippen LogP contribution in [0, 0.1) is 0 Å². The van der Waals surface area contributed by atoms with E-state index in [-0.39, 0.29) is 5.56 Å². The van der Waals surface area contributed by atoms with Gasteiger partial charge in [-0.2, -0.15) is 0 Å². The Hall–Kier alpha value is -3.19. The van der Waals surface area contributed by atoms with Crippen LogP contribution >= 0.6 is 0 Å². The van der Waals surface area contributed by atoms with Crippen LogP contribution < -0.4 is 10.5 Å². The normalized spacial score (nSPS) is 15.5. The summed E-state index contributed by atoms with van der Waals surface area (Å²) in [6, 6.07) is 14.1. The van der Waals surface area contributed by atoms with Gasteiger partial charge in [-0.15, -0.1) is 5.10 Å². The molecule has 0 radical (unpaired) electrons. The molecule has 0 atom stereocenters. The Morgan fingerprint density at radius 3 is 2.71 bits per heavy atom. The second-order valence-corrected chi connectivity index (χ2v) is 7.28. The summed E-state index contributed by atoms with van der Waals surface area (Å²) < 4.78 is 3.56. The molecule has 4 heterocycles. The molecule has 5 rings (SSSR count). The molecule has 0 aliphatic carbocycles. The highest BCUT2D eigenvalue weighted by Crippen LogP contribution is 2.17. The Labute approximate surface area is 162 Å². The number of imidazole rings is 1. The summed E-state index contributed by atoms with van der Waals surface area (Å²) in [5.74, 6) is 0.965. The maximum atomic E-state index is 12.7. The van der Waals surface area contributed by atoms with Gasteiger partial charge in [0.25, 0.3) is 5.56 Å². The minimum atomic E-state index is 0.0911. The predicted octanol–water partition coefficient (Wildman–Crippen LogP) is 1.90. The molecule has 142 valence electrons. The van der Waals surface area contributed by atoms with Crippen molar-refractivity contribution in [1.82, 2.24) is 24.1 Å². The molecule has 0 bridgehead atoms. The van der Waals surface area contributed by atoms with Crippen molar-refractivity contribution >= 4 is 22.4 Å². The molecule has 0 N–H and O–H groups in total. The highest BCUT2D eigenvalue weighted by molar-refractivity contribution is 5.79. The number of aryl methyl sites for hydroxylation is 1. The van der Waals surface area contributed by atoms with Crippen molar-refractivity contribution in [3.8, 4) is 0 Å². The smallest absolute Gasteiger partial charge is 0.255 e. The third-order valence-corrected chi connectivity index (χ3v) is 5.54. The number of pyridine rings is 1. The number of anilines is 1. The maximum Gasteiger partial charge on any atom is 0.255 e. The van der Waals surface area contributed by atoms with E-state index in [9.17, 15) is 4.79 Å². The molecule has 1 aliphatic rings. The van der Waals surface area contributed by atoms with Crippen LogP contribution in [0.1, 0.15) is 5.56 Å². The Morgan fingerprint density at radius 1 is 1.04 bits per heavy atom. The molecule has 1 aromatic carbocycles. The van der Waals surface area contributed by atoms with Crippen LogP contribution in [0.4, 0.5) is 5.82 Å². The average molecular weight is 374 g/mol. The Morgan fingerprint density at radius 2 is 1.86 bits per heavy atom. The summed E-state index contributed by atoms with van der Waals surface area (Å²) in [5.41, 5.74) is 2.78. The number of benzene rings is 1. The summed E-state index contributed by atoms with van der Waals surface area (Å²) in [7, 11) is 1.85. The number of rotatable bonds is 3. The molecule has 1 aliphatic heterocycles. The molecule has 1 fully saturated rings. The van der Waals surface area contributed by atoms with E-state index < -0.39 is 0 Å². The van der Waals surface area contributed by atoms with Crippen molar-refractivity contribution in [2.24, 2.45) is 7.05 Å². The van der Waals surface area contributed by atoms with Gasteiger partial charge in [-0.1, -0.05) is 18.2 Å². The lowest BCUT2D eigenvalue weighted by Gasteiger charge is -2.35. The standard InChI is InChI=1S/C21H22N6O/c1-24-18-5-3-2-4-16(18)14-17(21(24)28)15-25-10-12-26(13-11-25)20-7-6-19-22-8-9-27(19)23-20/h2-9,14H,10-13,15H2,1H3. The van der Waals surface area contributed by atoms with Crippen LogP contribution in [0.2, 0.25) is 0 Å². The van der Waals surface area contributed by atoms with Crippen LogP contribution in [0.25, 0.3) is 16.6 Å². The SMILES string of the molecule is Cn1c(=O)c(CN2CCN(c3ccc4nccn4n3)CC2)cc2ccccc21. The van der Waals surface area contributed by atoms with Gasteiger partial charge in [0.2, 0.25) is 0 Å². The van der Waals surface area contributed by atoms with Gasteiger partial charge in [0, 0.05) is 57.7 Å². The molecule has 0 saturated carbocycles. The fourth-order valence-corrected chi connectivity index (χ4v) is 3.95. The number of piperazine rings is 1. The fourth-order valence-electron chi connectivity index (χ4n) is 3.95. The number of aromatic nitrogens is 4. The quantitative estimate of drug-likeness (QED) is 0.548. The topological polar surface area (TPSA) is 58.7 Å². The minimum absolute atomic E-state index is 0.0911. The summed E-state index contributed by atoms with van der Waals surface area (Å²) >= 11 is 0. The van der Waals surface area contributed by atoms with E-state index in [1.54, 1.807) is 15.3 Å². The highest BCUT2D eigenvalue weighted by Gasteiger charge is 2.20. The summed E-state index contributed by atoms with van der Waals surface area (Å²) in [5, 5.41) is 5.74. The Bertz CT molecular complexity index is 1200. The maximum absolute atomic E-state index is 12.7. The molecule has 28 heavy (non-hydrogen) atoms. The van der Waals surface area contributed by atoms with Gasteiger partial charge in [0.1, 0.15) is 5.82 Å². The Kier molecular flexibility index (Phi) is 4.09. The van der Waals surface area contributed by atoms with E-state index in [1.165, 1.54) is 0 Å². The molecule has 0 unspecified atom stereocenters. The summed E-state index contributed by atoms with van der Waals surface area (Å²) in [6.45, 7) is 4.26. The van der Waals surface area contributed by atoms with Crippen molar-refractivity contribution in [2.75, 3.05) is 31.1 Å². The van der Waals surface area contributed by atoms with Crippen LogP contribution in [0.5, 0.6) is 0 Å². The Balaban J connectivity index is 1.31. The summed E-state index contributed by atoms with van der Waals surface area (Å²) in [4.78, 5) is 21.6. The lowest BCUT2D eigenvalue weighted by Crippen LogP contribution is -2.47. The molecular weight excluding hydrogens is 352 g/mol. The van der Waals surface area contributed by atoms with Crippen LogP contribution in [0.15, 0.2) is 59.7 Å². The third-order valence-electron chi connectivity index (χ3n) is 5.54. The molecular formula is C21H22N6O. The molecule has 0 spiro atoms. The van der Waals surface area contributed by atoms with Crippen molar-refractivity contribution in [1.29, 1.82) is 0 Å². The van der Waals surface area contributed by atoms with Crippen molar-refractivity contribution in [2.45, 2.75) is 6.54 Å². The van der Waals surface area contributed by atoms with Gasteiger partial charge in [0.15, 0.2) is 5.65 Å². The zero-order valence-electron chi connectivity index (χ0n) is 15.8. The largest absolute Gasteiger partial charge is 0.353 e. The number of fused-ring (bicyclic) bond motifs is 2. The van der Waals surface area contributed by atoms with Crippen molar-refractivity contribution in [3.05, 3.63) is 70.8 Å². The molecule has 7 nitrogen and oxygen atoms in total. The zero-order valence-corrected chi connectivity index (χ0v) is 15.8.